The first-order chi connectivity index (χ1) is 8.58. The van der Waals surface area contributed by atoms with Crippen LogP contribution in [0.15, 0.2) is 46.3 Å². The zero-order valence-electron chi connectivity index (χ0n) is 9.55. The minimum atomic E-state index is -1.07. The van der Waals surface area contributed by atoms with Crippen LogP contribution in [0.5, 0.6) is 0 Å². The Morgan fingerprint density at radius 2 is 2.06 bits per heavy atom. The van der Waals surface area contributed by atoms with E-state index in [4.69, 9.17) is 5.11 Å². The van der Waals surface area contributed by atoms with Gasteiger partial charge in [-0.25, -0.2) is 9.18 Å². The van der Waals surface area contributed by atoms with Gasteiger partial charge in [0.25, 0.3) is 0 Å². The standard InChI is InChI=1S/C13H10FNO2S/c1-8-6-12(9(7-15-8)13(16)17)18-11-5-3-2-4-10(11)14/h2-7H,1H3,(H,16,17). The Morgan fingerprint density at radius 1 is 1.33 bits per heavy atom. The highest BCUT2D eigenvalue weighted by Gasteiger charge is 2.13. The summed E-state index contributed by atoms with van der Waals surface area (Å²) in [5.74, 6) is -1.44. The van der Waals surface area contributed by atoms with E-state index in [1.165, 1.54) is 12.3 Å². The van der Waals surface area contributed by atoms with Crippen LogP contribution in [-0.4, -0.2) is 16.1 Å². The molecule has 0 amide bonds. The van der Waals surface area contributed by atoms with Crippen molar-refractivity contribution in [3.63, 3.8) is 0 Å². The predicted molar refractivity (Wildman–Crippen MR) is 66.5 cm³/mol. The van der Waals surface area contributed by atoms with Gasteiger partial charge in [-0.1, -0.05) is 23.9 Å². The van der Waals surface area contributed by atoms with Crippen LogP contribution in [-0.2, 0) is 0 Å². The summed E-state index contributed by atoms with van der Waals surface area (Å²) in [5, 5.41) is 9.06. The average Bonchev–Trinajstić information content (AvgIpc) is 2.32. The number of halogens is 1. The SMILES string of the molecule is Cc1cc(Sc2ccccc2F)c(C(=O)O)cn1. The molecule has 2 rings (SSSR count). The van der Waals surface area contributed by atoms with E-state index in [0.29, 0.717) is 15.5 Å². The van der Waals surface area contributed by atoms with E-state index in [1.807, 2.05) is 0 Å². The van der Waals surface area contributed by atoms with Gasteiger partial charge in [-0.2, -0.15) is 0 Å². The molecule has 18 heavy (non-hydrogen) atoms. The molecule has 0 unspecified atom stereocenters. The summed E-state index contributed by atoms with van der Waals surface area (Å²) < 4.78 is 13.5. The van der Waals surface area contributed by atoms with Crippen LogP contribution in [0, 0.1) is 12.7 Å². The molecule has 1 N–H and O–H groups in total. The molecule has 0 radical (unpaired) electrons. The zero-order valence-corrected chi connectivity index (χ0v) is 10.4. The van der Waals surface area contributed by atoms with Gasteiger partial charge in [-0.15, -0.1) is 0 Å². The lowest BCUT2D eigenvalue weighted by molar-refractivity contribution is 0.0692. The second-order valence-electron chi connectivity index (χ2n) is 3.66. The third-order valence-corrected chi connectivity index (χ3v) is 3.40. The van der Waals surface area contributed by atoms with Crippen molar-refractivity contribution in [1.29, 1.82) is 0 Å². The highest BCUT2D eigenvalue weighted by Crippen LogP contribution is 2.32. The summed E-state index contributed by atoms with van der Waals surface area (Å²) in [6.07, 6.45) is 1.29. The third-order valence-electron chi connectivity index (χ3n) is 2.29. The van der Waals surface area contributed by atoms with E-state index in [2.05, 4.69) is 4.98 Å². The molecule has 0 atom stereocenters. The molecule has 0 fully saturated rings. The Morgan fingerprint density at radius 3 is 2.72 bits per heavy atom. The molecule has 1 heterocycles. The van der Waals surface area contributed by atoms with Crippen molar-refractivity contribution in [3.8, 4) is 0 Å². The third kappa shape index (κ3) is 2.68. The van der Waals surface area contributed by atoms with E-state index in [9.17, 15) is 9.18 Å². The van der Waals surface area contributed by atoms with E-state index in [-0.39, 0.29) is 11.4 Å². The first-order valence-electron chi connectivity index (χ1n) is 5.20. The molecule has 0 spiro atoms. The van der Waals surface area contributed by atoms with Crippen LogP contribution in [0.1, 0.15) is 16.1 Å². The minimum absolute atomic E-state index is 0.0776. The second-order valence-corrected chi connectivity index (χ2v) is 4.74. The topological polar surface area (TPSA) is 50.2 Å². The van der Waals surface area contributed by atoms with E-state index >= 15 is 0 Å². The number of pyridine rings is 1. The molecule has 5 heteroatoms. The molecule has 0 saturated carbocycles. The van der Waals surface area contributed by atoms with Crippen LogP contribution >= 0.6 is 11.8 Å². The first kappa shape index (κ1) is 12.6. The maximum atomic E-state index is 13.5. The molecule has 0 aliphatic heterocycles. The van der Waals surface area contributed by atoms with Crippen molar-refractivity contribution in [2.24, 2.45) is 0 Å². The number of aromatic carboxylic acids is 1. The number of aryl methyl sites for hydroxylation is 1. The molecular formula is C13H10FNO2S. The summed E-state index contributed by atoms with van der Waals surface area (Å²) in [6.45, 7) is 1.76. The molecule has 0 saturated heterocycles. The van der Waals surface area contributed by atoms with Gasteiger partial charge in [0, 0.05) is 21.7 Å². The van der Waals surface area contributed by atoms with Crippen molar-refractivity contribution >= 4 is 17.7 Å². The van der Waals surface area contributed by atoms with Gasteiger partial charge in [0.05, 0.1) is 5.56 Å². The summed E-state index contributed by atoms with van der Waals surface area (Å²) in [6, 6.07) is 7.90. The number of aromatic nitrogens is 1. The summed E-state index contributed by atoms with van der Waals surface area (Å²) in [4.78, 5) is 15.9. The van der Waals surface area contributed by atoms with Crippen LogP contribution in [0.3, 0.4) is 0 Å². The highest BCUT2D eigenvalue weighted by atomic mass is 32.2. The van der Waals surface area contributed by atoms with Gasteiger partial charge < -0.3 is 5.11 Å². The second kappa shape index (κ2) is 5.18. The van der Waals surface area contributed by atoms with Crippen molar-refractivity contribution < 1.29 is 14.3 Å². The summed E-state index contributed by atoms with van der Waals surface area (Å²) >= 11 is 1.09. The Labute approximate surface area is 108 Å². The van der Waals surface area contributed by atoms with Gasteiger partial charge in [0.2, 0.25) is 0 Å². The zero-order chi connectivity index (χ0) is 13.1. The fourth-order valence-corrected chi connectivity index (χ4v) is 2.45. The predicted octanol–water partition coefficient (Wildman–Crippen LogP) is 3.38. The number of hydrogen-bond acceptors (Lipinski definition) is 3. The van der Waals surface area contributed by atoms with E-state index < -0.39 is 5.97 Å². The smallest absolute Gasteiger partial charge is 0.338 e. The van der Waals surface area contributed by atoms with Crippen molar-refractivity contribution in [3.05, 3.63) is 53.6 Å². The number of hydrogen-bond donors (Lipinski definition) is 1. The molecule has 92 valence electrons. The van der Waals surface area contributed by atoms with Crippen molar-refractivity contribution in [2.75, 3.05) is 0 Å². The van der Waals surface area contributed by atoms with Crippen LogP contribution in [0.25, 0.3) is 0 Å². The Kier molecular flexibility index (Phi) is 3.62. The first-order valence-corrected chi connectivity index (χ1v) is 6.02. The number of carboxylic acids is 1. The van der Waals surface area contributed by atoms with E-state index in [1.54, 1.807) is 31.2 Å². The van der Waals surface area contributed by atoms with Crippen molar-refractivity contribution in [2.45, 2.75) is 16.7 Å². The fraction of sp³-hybridized carbons (Fsp3) is 0.0769. The van der Waals surface area contributed by atoms with E-state index in [0.717, 1.165) is 11.8 Å². The van der Waals surface area contributed by atoms with Gasteiger partial charge >= 0.3 is 5.97 Å². The summed E-state index contributed by atoms with van der Waals surface area (Å²) in [5.41, 5.74) is 0.771. The van der Waals surface area contributed by atoms with Gasteiger partial charge in [0.1, 0.15) is 5.82 Å². The molecular weight excluding hydrogens is 253 g/mol. The lowest BCUT2D eigenvalue weighted by Gasteiger charge is -2.07. The lowest BCUT2D eigenvalue weighted by atomic mass is 10.2. The number of nitrogens with zero attached hydrogens (tertiary/aromatic N) is 1. The Balaban J connectivity index is 2.42. The number of carbonyl (C=O) groups is 1. The maximum Gasteiger partial charge on any atom is 0.338 e. The quantitative estimate of drug-likeness (QED) is 0.922. The minimum Gasteiger partial charge on any atom is -0.478 e. The van der Waals surface area contributed by atoms with Gasteiger partial charge in [0.15, 0.2) is 0 Å². The monoisotopic (exact) mass is 263 g/mol. The number of rotatable bonds is 3. The maximum absolute atomic E-state index is 13.5. The molecule has 0 aliphatic carbocycles. The van der Waals surface area contributed by atoms with Crippen LogP contribution < -0.4 is 0 Å². The van der Waals surface area contributed by atoms with Gasteiger partial charge in [-0.05, 0) is 25.1 Å². The largest absolute Gasteiger partial charge is 0.478 e. The molecule has 2 aromatic rings. The molecule has 3 nitrogen and oxygen atoms in total. The molecule has 0 aliphatic rings. The Hall–Kier alpha value is -1.88. The highest BCUT2D eigenvalue weighted by molar-refractivity contribution is 7.99. The van der Waals surface area contributed by atoms with Crippen molar-refractivity contribution in [1.82, 2.24) is 4.98 Å². The number of carboxylic acid groups (broad SMARTS) is 1. The van der Waals surface area contributed by atoms with Crippen LogP contribution in [0.4, 0.5) is 4.39 Å². The normalized spacial score (nSPS) is 10.3. The molecule has 1 aromatic carbocycles. The molecule has 0 bridgehead atoms. The molecule has 1 aromatic heterocycles. The fourth-order valence-electron chi connectivity index (χ4n) is 1.43. The Bertz CT molecular complexity index is 601. The summed E-state index contributed by atoms with van der Waals surface area (Å²) in [7, 11) is 0. The average molecular weight is 263 g/mol. The van der Waals surface area contributed by atoms with Gasteiger partial charge in [-0.3, -0.25) is 4.98 Å². The lowest BCUT2D eigenvalue weighted by Crippen LogP contribution is -2.00. The van der Waals surface area contributed by atoms with Crippen LogP contribution in [0.2, 0.25) is 0 Å². The number of benzene rings is 1.